The molecule has 0 aromatic heterocycles. The van der Waals surface area contributed by atoms with Crippen LogP contribution in [-0.4, -0.2) is 27.2 Å². The van der Waals surface area contributed by atoms with E-state index in [0.29, 0.717) is 11.5 Å². The molecule has 134 valence electrons. The number of hydrogen-bond acceptors (Lipinski definition) is 3. The van der Waals surface area contributed by atoms with Gasteiger partial charge in [-0.15, -0.1) is 0 Å². The molecule has 0 atom stereocenters. The van der Waals surface area contributed by atoms with Gasteiger partial charge in [-0.3, -0.25) is 4.79 Å². The number of amides is 1. The molecule has 0 spiro atoms. The van der Waals surface area contributed by atoms with Crippen molar-refractivity contribution in [2.24, 2.45) is 11.8 Å². The summed E-state index contributed by atoms with van der Waals surface area (Å²) in [6.07, 6.45) is 8.32. The third-order valence-corrected chi connectivity index (χ3v) is 5.25. The molecule has 0 heterocycles. The molecule has 1 aromatic rings. The Balaban J connectivity index is 1.97. The standard InChI is InChI=1S/C20H31NO3/c1-5-6-7-15-8-10-16(11-9-15)20(22)21(2)17-12-13-18(23-3)19(14-17)24-4/h12-16H,5-11H2,1-4H3. The number of carbonyl (C=O) groups excluding carboxylic acids is 1. The molecule has 1 amide bonds. The Kier molecular flexibility index (Phi) is 6.95. The van der Waals surface area contributed by atoms with Crippen LogP contribution in [0.2, 0.25) is 0 Å². The number of methoxy groups -OCH3 is 2. The number of ether oxygens (including phenoxy) is 2. The van der Waals surface area contributed by atoms with E-state index in [1.54, 1.807) is 19.1 Å². The Labute approximate surface area is 146 Å². The average Bonchev–Trinajstić information content (AvgIpc) is 2.64. The Morgan fingerprint density at radius 3 is 2.38 bits per heavy atom. The van der Waals surface area contributed by atoms with Gasteiger partial charge in [-0.05, 0) is 43.7 Å². The number of hydrogen-bond donors (Lipinski definition) is 0. The summed E-state index contributed by atoms with van der Waals surface area (Å²) >= 11 is 0. The summed E-state index contributed by atoms with van der Waals surface area (Å²) < 4.78 is 10.6. The summed E-state index contributed by atoms with van der Waals surface area (Å²) in [7, 11) is 5.08. The summed E-state index contributed by atoms with van der Waals surface area (Å²) in [5.41, 5.74) is 0.853. The maximum atomic E-state index is 12.8. The molecule has 2 rings (SSSR count). The quantitative estimate of drug-likeness (QED) is 0.728. The topological polar surface area (TPSA) is 38.8 Å². The average molecular weight is 333 g/mol. The minimum absolute atomic E-state index is 0.154. The van der Waals surface area contributed by atoms with E-state index in [4.69, 9.17) is 9.47 Å². The molecule has 0 unspecified atom stereocenters. The maximum absolute atomic E-state index is 12.8. The lowest BCUT2D eigenvalue weighted by atomic mass is 9.79. The number of carbonyl (C=O) groups is 1. The Bertz CT molecular complexity index is 536. The van der Waals surface area contributed by atoms with Crippen LogP contribution < -0.4 is 14.4 Å². The number of anilines is 1. The zero-order valence-corrected chi connectivity index (χ0v) is 15.5. The van der Waals surface area contributed by atoms with Gasteiger partial charge >= 0.3 is 0 Å². The molecule has 1 aliphatic carbocycles. The Morgan fingerprint density at radius 1 is 1.12 bits per heavy atom. The molecular weight excluding hydrogens is 302 g/mol. The zero-order valence-electron chi connectivity index (χ0n) is 15.5. The second-order valence-electron chi connectivity index (χ2n) is 6.80. The lowest BCUT2D eigenvalue weighted by Crippen LogP contribution is -2.35. The molecule has 0 aliphatic heterocycles. The van der Waals surface area contributed by atoms with E-state index in [1.165, 1.54) is 32.1 Å². The predicted molar refractivity (Wildman–Crippen MR) is 97.9 cm³/mol. The molecule has 1 aromatic carbocycles. The van der Waals surface area contributed by atoms with Crippen molar-refractivity contribution in [3.8, 4) is 11.5 Å². The molecule has 1 fully saturated rings. The molecule has 1 aliphatic rings. The van der Waals surface area contributed by atoms with Gasteiger partial charge in [-0.1, -0.05) is 26.2 Å². The zero-order chi connectivity index (χ0) is 17.5. The van der Waals surface area contributed by atoms with Crippen molar-refractivity contribution >= 4 is 11.6 Å². The van der Waals surface area contributed by atoms with E-state index in [2.05, 4.69) is 6.92 Å². The molecule has 4 heteroatoms. The highest BCUT2D eigenvalue weighted by Crippen LogP contribution is 2.35. The van der Waals surface area contributed by atoms with Gasteiger partial charge in [-0.2, -0.15) is 0 Å². The van der Waals surface area contributed by atoms with Crippen molar-refractivity contribution in [3.05, 3.63) is 18.2 Å². The highest BCUT2D eigenvalue weighted by molar-refractivity contribution is 5.94. The highest BCUT2D eigenvalue weighted by Gasteiger charge is 2.28. The van der Waals surface area contributed by atoms with Gasteiger partial charge < -0.3 is 14.4 Å². The summed E-state index contributed by atoms with van der Waals surface area (Å²) in [5, 5.41) is 0. The molecule has 24 heavy (non-hydrogen) atoms. The second-order valence-corrected chi connectivity index (χ2v) is 6.80. The number of nitrogens with zero attached hydrogens (tertiary/aromatic N) is 1. The normalized spacial score (nSPS) is 20.5. The van der Waals surface area contributed by atoms with Crippen LogP contribution >= 0.6 is 0 Å². The van der Waals surface area contributed by atoms with Gasteiger partial charge in [-0.25, -0.2) is 0 Å². The summed E-state index contributed by atoms with van der Waals surface area (Å²) in [6.45, 7) is 2.24. The first-order chi connectivity index (χ1) is 11.6. The summed E-state index contributed by atoms with van der Waals surface area (Å²) in [5.74, 6) is 2.52. The molecular formula is C20H31NO3. The van der Waals surface area contributed by atoms with Crippen LogP contribution in [0.1, 0.15) is 51.9 Å². The second kappa shape index (κ2) is 8.95. The van der Waals surface area contributed by atoms with E-state index in [1.807, 2.05) is 25.2 Å². The molecule has 0 radical (unpaired) electrons. The predicted octanol–water partition coefficient (Wildman–Crippen LogP) is 4.66. The van der Waals surface area contributed by atoms with E-state index in [0.717, 1.165) is 24.4 Å². The molecule has 1 saturated carbocycles. The van der Waals surface area contributed by atoms with Crippen LogP contribution in [-0.2, 0) is 4.79 Å². The summed E-state index contributed by atoms with van der Waals surface area (Å²) in [4.78, 5) is 14.6. The van der Waals surface area contributed by atoms with Crippen molar-refractivity contribution in [3.63, 3.8) is 0 Å². The van der Waals surface area contributed by atoms with Crippen LogP contribution in [0, 0.1) is 11.8 Å². The Hall–Kier alpha value is -1.71. The number of benzene rings is 1. The minimum atomic E-state index is 0.154. The first kappa shape index (κ1) is 18.6. The molecule has 0 saturated heterocycles. The first-order valence-electron chi connectivity index (χ1n) is 9.10. The highest BCUT2D eigenvalue weighted by atomic mass is 16.5. The van der Waals surface area contributed by atoms with Crippen molar-refractivity contribution in [2.45, 2.75) is 51.9 Å². The van der Waals surface area contributed by atoms with Crippen molar-refractivity contribution in [1.29, 1.82) is 0 Å². The van der Waals surface area contributed by atoms with Crippen LogP contribution in [0.15, 0.2) is 18.2 Å². The van der Waals surface area contributed by atoms with Crippen LogP contribution in [0.25, 0.3) is 0 Å². The molecule has 0 bridgehead atoms. The van der Waals surface area contributed by atoms with Crippen LogP contribution in [0.5, 0.6) is 11.5 Å². The Morgan fingerprint density at radius 2 is 1.79 bits per heavy atom. The summed E-state index contributed by atoms with van der Waals surface area (Å²) in [6, 6.07) is 5.62. The van der Waals surface area contributed by atoms with Gasteiger partial charge in [0.15, 0.2) is 11.5 Å². The van der Waals surface area contributed by atoms with Crippen molar-refractivity contribution < 1.29 is 14.3 Å². The van der Waals surface area contributed by atoms with Crippen molar-refractivity contribution in [1.82, 2.24) is 0 Å². The molecule has 4 nitrogen and oxygen atoms in total. The maximum Gasteiger partial charge on any atom is 0.229 e. The van der Waals surface area contributed by atoms with E-state index in [9.17, 15) is 4.79 Å². The van der Waals surface area contributed by atoms with E-state index >= 15 is 0 Å². The minimum Gasteiger partial charge on any atom is -0.493 e. The lowest BCUT2D eigenvalue weighted by molar-refractivity contribution is -0.123. The third kappa shape index (κ3) is 4.43. The van der Waals surface area contributed by atoms with Gasteiger partial charge in [0.25, 0.3) is 0 Å². The van der Waals surface area contributed by atoms with Crippen LogP contribution in [0.3, 0.4) is 0 Å². The fourth-order valence-corrected chi connectivity index (χ4v) is 3.63. The van der Waals surface area contributed by atoms with Gasteiger partial charge in [0.2, 0.25) is 5.91 Å². The number of unbranched alkanes of at least 4 members (excludes halogenated alkanes) is 1. The van der Waals surface area contributed by atoms with Gasteiger partial charge in [0, 0.05) is 24.7 Å². The fraction of sp³-hybridized carbons (Fsp3) is 0.650. The van der Waals surface area contributed by atoms with Crippen LogP contribution in [0.4, 0.5) is 5.69 Å². The third-order valence-electron chi connectivity index (χ3n) is 5.25. The SMILES string of the molecule is CCCCC1CCC(C(=O)N(C)c2ccc(OC)c(OC)c2)CC1. The van der Waals surface area contributed by atoms with Gasteiger partial charge in [0.05, 0.1) is 14.2 Å². The number of rotatable bonds is 7. The monoisotopic (exact) mass is 333 g/mol. The smallest absolute Gasteiger partial charge is 0.229 e. The van der Waals surface area contributed by atoms with E-state index < -0.39 is 0 Å². The van der Waals surface area contributed by atoms with Crippen molar-refractivity contribution in [2.75, 3.05) is 26.2 Å². The first-order valence-corrected chi connectivity index (χ1v) is 9.10. The van der Waals surface area contributed by atoms with Gasteiger partial charge in [0.1, 0.15) is 0 Å². The largest absolute Gasteiger partial charge is 0.493 e. The fourth-order valence-electron chi connectivity index (χ4n) is 3.63. The van der Waals surface area contributed by atoms with E-state index in [-0.39, 0.29) is 11.8 Å². The molecule has 0 N–H and O–H groups in total. The lowest BCUT2D eigenvalue weighted by Gasteiger charge is -2.30.